The van der Waals surface area contributed by atoms with Crippen molar-refractivity contribution >= 4 is 33.0 Å². The topological polar surface area (TPSA) is 17.1 Å². The molecule has 0 atom stereocenters. The molecule has 0 bridgehead atoms. The molecule has 0 radical (unpaired) electrons. The summed E-state index contributed by atoms with van der Waals surface area (Å²) in [6, 6.07) is 11.5. The first-order chi connectivity index (χ1) is 7.27. The molecule has 0 spiro atoms. The third-order valence-electron chi connectivity index (χ3n) is 2.09. The van der Waals surface area contributed by atoms with Crippen molar-refractivity contribution in [3.63, 3.8) is 0 Å². The van der Waals surface area contributed by atoms with E-state index in [9.17, 15) is 4.79 Å². The highest BCUT2D eigenvalue weighted by molar-refractivity contribution is 9.10. The van der Waals surface area contributed by atoms with Crippen LogP contribution in [0.2, 0.25) is 0 Å². The lowest BCUT2D eigenvalue weighted by molar-refractivity contribution is 0.0993. The number of halogens is 1. The Hall–Kier alpha value is -0.930. The van der Waals surface area contributed by atoms with Crippen molar-refractivity contribution in [3.8, 4) is 0 Å². The number of hydrogen-bond donors (Lipinski definition) is 0. The van der Waals surface area contributed by atoms with Gasteiger partial charge < -0.3 is 0 Å². The van der Waals surface area contributed by atoms with Crippen molar-refractivity contribution in [2.75, 3.05) is 0 Å². The molecule has 0 fully saturated rings. The van der Waals surface area contributed by atoms with Crippen LogP contribution in [-0.4, -0.2) is 5.78 Å². The zero-order valence-electron chi connectivity index (χ0n) is 7.94. The average molecular weight is 281 g/mol. The van der Waals surface area contributed by atoms with E-state index in [2.05, 4.69) is 15.9 Å². The number of Topliss-reactive ketones (excluding diaryl/α,β-unsaturated/α-hetero) is 1. The van der Waals surface area contributed by atoms with Crippen LogP contribution in [0.1, 0.15) is 15.2 Å². The fraction of sp³-hybridized carbons (Fsp3) is 0.0833. The maximum absolute atomic E-state index is 11.9. The summed E-state index contributed by atoms with van der Waals surface area (Å²) in [6.45, 7) is 0. The molecule has 3 heteroatoms. The van der Waals surface area contributed by atoms with Gasteiger partial charge in [0, 0.05) is 21.3 Å². The molecular formula is C12H9BrOS. The van der Waals surface area contributed by atoms with Gasteiger partial charge in [-0.25, -0.2) is 0 Å². The average Bonchev–Trinajstić information content (AvgIpc) is 2.71. The summed E-state index contributed by atoms with van der Waals surface area (Å²) < 4.78 is 0.867. The number of hydrogen-bond acceptors (Lipinski definition) is 2. The molecule has 0 unspecified atom stereocenters. The highest BCUT2D eigenvalue weighted by atomic mass is 79.9. The summed E-state index contributed by atoms with van der Waals surface area (Å²) in [7, 11) is 0. The van der Waals surface area contributed by atoms with Gasteiger partial charge in [0.1, 0.15) is 0 Å². The SMILES string of the molecule is O=C(Cc1cccs1)c1ccccc1Br. The Bertz CT molecular complexity index is 462. The predicted molar refractivity (Wildman–Crippen MR) is 66.5 cm³/mol. The highest BCUT2D eigenvalue weighted by Crippen LogP contribution is 2.19. The van der Waals surface area contributed by atoms with E-state index in [1.165, 1.54) is 0 Å². The Morgan fingerprint density at radius 1 is 1.20 bits per heavy atom. The van der Waals surface area contributed by atoms with Gasteiger partial charge in [-0.2, -0.15) is 0 Å². The largest absolute Gasteiger partial charge is 0.294 e. The maximum Gasteiger partial charge on any atom is 0.169 e. The highest BCUT2D eigenvalue weighted by Gasteiger charge is 2.10. The number of rotatable bonds is 3. The van der Waals surface area contributed by atoms with Crippen LogP contribution in [0.3, 0.4) is 0 Å². The van der Waals surface area contributed by atoms with E-state index in [0.717, 1.165) is 14.9 Å². The molecule has 1 heterocycles. The number of ketones is 1. The molecule has 0 amide bonds. The molecule has 15 heavy (non-hydrogen) atoms. The third-order valence-corrected chi connectivity index (χ3v) is 3.66. The summed E-state index contributed by atoms with van der Waals surface area (Å²) in [5.74, 6) is 0.157. The Labute approximate surface area is 101 Å². The summed E-state index contributed by atoms with van der Waals surface area (Å²) in [5.41, 5.74) is 0.755. The van der Waals surface area contributed by atoms with E-state index >= 15 is 0 Å². The lowest BCUT2D eigenvalue weighted by Crippen LogP contribution is -2.02. The first-order valence-electron chi connectivity index (χ1n) is 4.57. The van der Waals surface area contributed by atoms with Crippen LogP contribution in [0.25, 0.3) is 0 Å². The van der Waals surface area contributed by atoms with Gasteiger partial charge in [0.2, 0.25) is 0 Å². The molecule has 0 aliphatic rings. The third kappa shape index (κ3) is 2.55. The molecule has 2 rings (SSSR count). The zero-order chi connectivity index (χ0) is 10.7. The zero-order valence-corrected chi connectivity index (χ0v) is 10.3. The fourth-order valence-electron chi connectivity index (χ4n) is 1.35. The van der Waals surface area contributed by atoms with E-state index in [1.54, 1.807) is 11.3 Å². The van der Waals surface area contributed by atoms with Crippen molar-refractivity contribution < 1.29 is 4.79 Å². The second-order valence-corrected chi connectivity index (χ2v) is 5.05. The Balaban J connectivity index is 2.19. The molecule has 1 aromatic carbocycles. The van der Waals surface area contributed by atoms with Gasteiger partial charge in [-0.05, 0) is 17.5 Å². The summed E-state index contributed by atoms with van der Waals surface area (Å²) in [4.78, 5) is 13.0. The fourth-order valence-corrected chi connectivity index (χ4v) is 2.56. The first kappa shape index (κ1) is 10.6. The molecule has 76 valence electrons. The minimum absolute atomic E-state index is 0.157. The van der Waals surface area contributed by atoms with Crippen LogP contribution in [0.5, 0.6) is 0 Å². The second kappa shape index (κ2) is 4.73. The molecule has 0 saturated carbocycles. The number of carbonyl (C=O) groups is 1. The quantitative estimate of drug-likeness (QED) is 0.779. The molecule has 0 aliphatic heterocycles. The standard InChI is InChI=1S/C12H9BrOS/c13-11-6-2-1-5-10(11)12(14)8-9-4-3-7-15-9/h1-7H,8H2. The van der Waals surface area contributed by atoms with Crippen LogP contribution < -0.4 is 0 Å². The van der Waals surface area contributed by atoms with E-state index in [1.807, 2.05) is 41.8 Å². The van der Waals surface area contributed by atoms with Gasteiger partial charge in [-0.3, -0.25) is 4.79 Å². The maximum atomic E-state index is 11.9. The molecule has 0 N–H and O–H groups in total. The van der Waals surface area contributed by atoms with Crippen LogP contribution in [0.15, 0.2) is 46.3 Å². The van der Waals surface area contributed by atoms with E-state index < -0.39 is 0 Å². The van der Waals surface area contributed by atoms with Gasteiger partial charge in [0.05, 0.1) is 0 Å². The second-order valence-electron chi connectivity index (χ2n) is 3.16. The lowest BCUT2D eigenvalue weighted by atomic mass is 10.1. The molecule has 1 aromatic heterocycles. The Kier molecular flexibility index (Phi) is 3.34. The molecule has 1 nitrogen and oxygen atoms in total. The van der Waals surface area contributed by atoms with Crippen LogP contribution in [-0.2, 0) is 6.42 Å². The Morgan fingerprint density at radius 3 is 2.67 bits per heavy atom. The molecule has 2 aromatic rings. The van der Waals surface area contributed by atoms with Gasteiger partial charge in [-0.1, -0.05) is 40.2 Å². The van der Waals surface area contributed by atoms with Crippen LogP contribution in [0, 0.1) is 0 Å². The molecule has 0 aliphatic carbocycles. The number of carbonyl (C=O) groups excluding carboxylic acids is 1. The summed E-state index contributed by atoms with van der Waals surface area (Å²) in [6.07, 6.45) is 0.486. The van der Waals surface area contributed by atoms with Crippen molar-refractivity contribution in [3.05, 3.63) is 56.7 Å². The van der Waals surface area contributed by atoms with Crippen molar-refractivity contribution in [2.24, 2.45) is 0 Å². The van der Waals surface area contributed by atoms with Crippen LogP contribution >= 0.6 is 27.3 Å². The van der Waals surface area contributed by atoms with Gasteiger partial charge in [0.25, 0.3) is 0 Å². The van der Waals surface area contributed by atoms with Gasteiger partial charge >= 0.3 is 0 Å². The monoisotopic (exact) mass is 280 g/mol. The molecule has 0 saturated heterocycles. The minimum atomic E-state index is 0.157. The van der Waals surface area contributed by atoms with Crippen molar-refractivity contribution in [1.82, 2.24) is 0 Å². The van der Waals surface area contributed by atoms with Gasteiger partial charge in [0.15, 0.2) is 5.78 Å². The van der Waals surface area contributed by atoms with Crippen molar-refractivity contribution in [1.29, 1.82) is 0 Å². The van der Waals surface area contributed by atoms with E-state index in [-0.39, 0.29) is 5.78 Å². The predicted octanol–water partition coefficient (Wildman–Crippen LogP) is 3.94. The Morgan fingerprint density at radius 2 is 2.00 bits per heavy atom. The minimum Gasteiger partial charge on any atom is -0.294 e. The normalized spacial score (nSPS) is 10.2. The lowest BCUT2D eigenvalue weighted by Gasteiger charge is -2.01. The first-order valence-corrected chi connectivity index (χ1v) is 6.25. The smallest absolute Gasteiger partial charge is 0.169 e. The van der Waals surface area contributed by atoms with E-state index in [0.29, 0.717) is 6.42 Å². The van der Waals surface area contributed by atoms with Crippen molar-refractivity contribution in [2.45, 2.75) is 6.42 Å². The van der Waals surface area contributed by atoms with Crippen LogP contribution in [0.4, 0.5) is 0 Å². The summed E-state index contributed by atoms with van der Waals surface area (Å²) >= 11 is 5.00. The van der Waals surface area contributed by atoms with Gasteiger partial charge in [-0.15, -0.1) is 11.3 Å². The number of thiophene rings is 1. The van der Waals surface area contributed by atoms with E-state index in [4.69, 9.17) is 0 Å². The summed E-state index contributed by atoms with van der Waals surface area (Å²) in [5, 5.41) is 1.99. The number of benzene rings is 1. The molecular weight excluding hydrogens is 272 g/mol.